The second kappa shape index (κ2) is 5.38. The molecule has 40 valence electrons. The summed E-state index contributed by atoms with van der Waals surface area (Å²) < 4.78 is 0. The molecule has 0 heterocycles. The molecule has 0 aromatic heterocycles. The van der Waals surface area contributed by atoms with Gasteiger partial charge in [0.1, 0.15) is 0 Å². The number of isocyanates is 1. The van der Waals surface area contributed by atoms with E-state index in [0.717, 1.165) is 0 Å². The molecule has 0 saturated heterocycles. The highest BCUT2D eigenvalue weighted by Gasteiger charge is 1.95. The van der Waals surface area contributed by atoms with Gasteiger partial charge in [-0.3, -0.25) is 0 Å². The zero-order valence-corrected chi connectivity index (χ0v) is 4.48. The first-order valence-corrected chi connectivity index (χ1v) is 2.37. The van der Waals surface area contributed by atoms with Gasteiger partial charge in [-0.15, -0.1) is 0 Å². The first kappa shape index (κ1) is 6.38. The summed E-state index contributed by atoms with van der Waals surface area (Å²) in [5.41, 5.74) is 0. The number of nitrogens with zero attached hydrogens (tertiary/aromatic N) is 1. The molecule has 0 spiro atoms. The van der Waals surface area contributed by atoms with Gasteiger partial charge in [0.15, 0.2) is 0 Å². The van der Waals surface area contributed by atoms with Crippen molar-refractivity contribution in [2.45, 2.75) is 19.3 Å². The Morgan fingerprint density at radius 3 is 1.71 bits per heavy atom. The molecule has 0 unspecified atom stereocenters. The Morgan fingerprint density at radius 1 is 1.43 bits per heavy atom. The highest BCUT2D eigenvalue weighted by molar-refractivity contribution is 5.32. The summed E-state index contributed by atoms with van der Waals surface area (Å²) >= 11 is 0. The molecule has 1 aliphatic carbocycles. The van der Waals surface area contributed by atoms with Crippen LogP contribution in [0.1, 0.15) is 19.3 Å². The molecule has 0 aromatic carbocycles. The topological polar surface area (TPSA) is 29.4 Å². The van der Waals surface area contributed by atoms with Crippen LogP contribution in [0.15, 0.2) is 4.99 Å². The molecule has 7 heavy (non-hydrogen) atoms. The number of hydrogen-bond acceptors (Lipinski definition) is 2. The molecule has 0 N–H and O–H groups in total. The minimum atomic E-state index is 1.31. The third-order valence-electron chi connectivity index (χ3n) is 0.445. The van der Waals surface area contributed by atoms with Crippen LogP contribution in [0, 0.1) is 0 Å². The molecule has 0 atom stereocenters. The van der Waals surface area contributed by atoms with Gasteiger partial charge in [-0.05, 0) is 0 Å². The van der Waals surface area contributed by atoms with Crippen LogP contribution in [-0.4, -0.2) is 13.1 Å². The summed E-state index contributed by atoms with van der Waals surface area (Å²) in [5, 5.41) is 0. The fraction of sp³-hybridized carbons (Fsp3) is 0.800. The fourth-order valence-corrected chi connectivity index (χ4v) is 0. The molecule has 2 heteroatoms. The van der Waals surface area contributed by atoms with E-state index in [1.54, 1.807) is 0 Å². The number of rotatable bonds is 0. The number of aliphatic imine (C=N–C) groups is 1. The lowest BCUT2D eigenvalue weighted by Crippen LogP contribution is -1.38. The zero-order valence-electron chi connectivity index (χ0n) is 4.48. The maximum absolute atomic E-state index is 8.88. The van der Waals surface area contributed by atoms with Gasteiger partial charge in [-0.1, -0.05) is 19.3 Å². The number of hydrogen-bond donors (Lipinski definition) is 0. The summed E-state index contributed by atoms with van der Waals surface area (Å²) in [6.07, 6.45) is 5.81. The van der Waals surface area contributed by atoms with E-state index < -0.39 is 0 Å². The second-order valence-electron chi connectivity index (χ2n) is 1.38. The summed E-state index contributed by atoms with van der Waals surface area (Å²) in [6, 6.07) is 0. The van der Waals surface area contributed by atoms with Crippen molar-refractivity contribution in [2.75, 3.05) is 7.05 Å². The fourth-order valence-electron chi connectivity index (χ4n) is 0. The van der Waals surface area contributed by atoms with Gasteiger partial charge in [0.2, 0.25) is 6.08 Å². The molecule has 1 aliphatic rings. The first-order chi connectivity index (χ1) is 3.41. The molecule has 0 bridgehead atoms. The van der Waals surface area contributed by atoms with E-state index in [1.807, 2.05) is 0 Å². The average molecular weight is 99.1 g/mol. The van der Waals surface area contributed by atoms with Crippen LogP contribution in [0.25, 0.3) is 0 Å². The molecule has 1 saturated carbocycles. The van der Waals surface area contributed by atoms with Gasteiger partial charge >= 0.3 is 0 Å². The van der Waals surface area contributed by atoms with Crippen LogP contribution < -0.4 is 0 Å². The lowest BCUT2D eigenvalue weighted by molar-refractivity contribution is 0.564. The Labute approximate surface area is 43.3 Å². The SMILES string of the molecule is C1CC1.CN=C=O. The van der Waals surface area contributed by atoms with Gasteiger partial charge in [-0.25, -0.2) is 9.79 Å². The normalized spacial score (nSPS) is 12.7. The molecule has 0 radical (unpaired) electrons. The van der Waals surface area contributed by atoms with Crippen molar-refractivity contribution in [2.24, 2.45) is 4.99 Å². The van der Waals surface area contributed by atoms with Gasteiger partial charge in [-0.2, -0.15) is 0 Å². The van der Waals surface area contributed by atoms with Crippen molar-refractivity contribution in [3.05, 3.63) is 0 Å². The summed E-state index contributed by atoms with van der Waals surface area (Å²) in [5.74, 6) is 0. The van der Waals surface area contributed by atoms with E-state index in [9.17, 15) is 0 Å². The largest absolute Gasteiger partial charge is 0.234 e. The van der Waals surface area contributed by atoms with E-state index in [4.69, 9.17) is 4.79 Å². The smallest absolute Gasteiger partial charge is 0.211 e. The number of carbonyl (C=O) groups excluding carboxylic acids is 1. The lowest BCUT2D eigenvalue weighted by Gasteiger charge is -1.36. The molecular formula is C5H9NO. The van der Waals surface area contributed by atoms with Crippen LogP contribution in [0.5, 0.6) is 0 Å². The molecule has 0 aromatic rings. The summed E-state index contributed by atoms with van der Waals surface area (Å²) in [4.78, 5) is 11.8. The van der Waals surface area contributed by atoms with Crippen molar-refractivity contribution < 1.29 is 4.79 Å². The Hall–Kier alpha value is -0.620. The van der Waals surface area contributed by atoms with Crippen LogP contribution >= 0.6 is 0 Å². The van der Waals surface area contributed by atoms with Crippen molar-refractivity contribution in [1.82, 2.24) is 0 Å². The predicted octanol–water partition coefficient (Wildman–Crippen LogP) is 1.12. The molecule has 1 fully saturated rings. The van der Waals surface area contributed by atoms with Crippen molar-refractivity contribution in [3.63, 3.8) is 0 Å². The Bertz CT molecular complexity index is 69.4. The Morgan fingerprint density at radius 2 is 1.71 bits per heavy atom. The third-order valence-corrected chi connectivity index (χ3v) is 0.445. The molecule has 2 nitrogen and oxygen atoms in total. The van der Waals surface area contributed by atoms with Crippen LogP contribution in [-0.2, 0) is 4.79 Å². The highest BCUT2D eigenvalue weighted by Crippen LogP contribution is 2.14. The minimum Gasteiger partial charge on any atom is -0.211 e. The first-order valence-electron chi connectivity index (χ1n) is 2.37. The standard InChI is InChI=1S/C3H6.C2H3NO/c1-2-3-1;1-3-2-4/h1-3H2;1H3. The predicted molar refractivity (Wildman–Crippen MR) is 27.9 cm³/mol. The van der Waals surface area contributed by atoms with Crippen molar-refractivity contribution >= 4 is 6.08 Å². The second-order valence-corrected chi connectivity index (χ2v) is 1.38. The quantitative estimate of drug-likeness (QED) is 0.330. The van der Waals surface area contributed by atoms with E-state index in [0.29, 0.717) is 0 Å². The van der Waals surface area contributed by atoms with Gasteiger partial charge in [0.25, 0.3) is 0 Å². The summed E-state index contributed by atoms with van der Waals surface area (Å²) in [6.45, 7) is 0. The van der Waals surface area contributed by atoms with Crippen LogP contribution in [0.2, 0.25) is 0 Å². The van der Waals surface area contributed by atoms with E-state index in [2.05, 4.69) is 4.99 Å². The van der Waals surface area contributed by atoms with Gasteiger partial charge in [0, 0.05) is 7.05 Å². The maximum atomic E-state index is 8.88. The van der Waals surface area contributed by atoms with E-state index in [-0.39, 0.29) is 0 Å². The maximum Gasteiger partial charge on any atom is 0.234 e. The third kappa shape index (κ3) is 32.3. The monoisotopic (exact) mass is 99.1 g/mol. The van der Waals surface area contributed by atoms with Gasteiger partial charge in [0.05, 0.1) is 0 Å². The van der Waals surface area contributed by atoms with Crippen molar-refractivity contribution in [1.29, 1.82) is 0 Å². The van der Waals surface area contributed by atoms with E-state index >= 15 is 0 Å². The van der Waals surface area contributed by atoms with E-state index in [1.165, 1.54) is 32.4 Å². The lowest BCUT2D eigenvalue weighted by atomic mass is 11.0. The zero-order chi connectivity index (χ0) is 5.54. The molecule has 0 aliphatic heterocycles. The van der Waals surface area contributed by atoms with Crippen LogP contribution in [0.3, 0.4) is 0 Å². The van der Waals surface area contributed by atoms with Crippen LogP contribution in [0.4, 0.5) is 0 Å². The molecule has 1 rings (SSSR count). The summed E-state index contributed by atoms with van der Waals surface area (Å²) in [7, 11) is 1.38. The van der Waals surface area contributed by atoms with Gasteiger partial charge < -0.3 is 0 Å². The average Bonchev–Trinajstić information content (AvgIpc) is 2.47. The highest BCUT2D eigenvalue weighted by atomic mass is 16.1. The minimum absolute atomic E-state index is 1.31. The molecule has 0 amide bonds. The Balaban J connectivity index is 0.000000105. The Kier molecular flexibility index (Phi) is 4.90. The van der Waals surface area contributed by atoms with Crippen molar-refractivity contribution in [3.8, 4) is 0 Å². The molecular weight excluding hydrogens is 90.1 g/mol.